The van der Waals surface area contributed by atoms with Gasteiger partial charge in [-0.15, -0.1) is 0 Å². The van der Waals surface area contributed by atoms with Crippen LogP contribution in [0.4, 0.5) is 0 Å². The first kappa shape index (κ1) is 12.6. The van der Waals surface area contributed by atoms with Crippen molar-refractivity contribution in [2.24, 2.45) is 5.73 Å². The highest BCUT2D eigenvalue weighted by Crippen LogP contribution is 2.08. The van der Waals surface area contributed by atoms with Crippen molar-refractivity contribution in [1.29, 1.82) is 0 Å². The highest BCUT2D eigenvalue weighted by Gasteiger charge is 2.12. The first-order valence-corrected chi connectivity index (χ1v) is 5.47. The molecule has 1 aromatic heterocycles. The SMILES string of the molecule is C=C(NC(=O)c1cn(-c2ccccc2)cn1)C(N)=O. The van der Waals surface area contributed by atoms with Crippen molar-refractivity contribution in [3.05, 3.63) is 60.8 Å². The van der Waals surface area contributed by atoms with Crippen LogP contribution in [0.25, 0.3) is 5.69 Å². The maximum absolute atomic E-state index is 11.7. The van der Waals surface area contributed by atoms with Crippen LogP contribution in [-0.4, -0.2) is 21.4 Å². The Hall–Kier alpha value is -2.89. The zero-order chi connectivity index (χ0) is 13.8. The highest BCUT2D eigenvalue weighted by molar-refractivity contribution is 6.00. The van der Waals surface area contributed by atoms with Crippen molar-refractivity contribution in [2.75, 3.05) is 0 Å². The summed E-state index contributed by atoms with van der Waals surface area (Å²) < 4.78 is 1.70. The summed E-state index contributed by atoms with van der Waals surface area (Å²) in [7, 11) is 0. The van der Waals surface area contributed by atoms with Gasteiger partial charge in [0.1, 0.15) is 12.0 Å². The molecule has 0 unspecified atom stereocenters. The minimum atomic E-state index is -0.782. The fraction of sp³-hybridized carbons (Fsp3) is 0. The summed E-state index contributed by atoms with van der Waals surface area (Å²) in [6.45, 7) is 3.34. The molecule has 0 spiro atoms. The highest BCUT2D eigenvalue weighted by atomic mass is 16.2. The van der Waals surface area contributed by atoms with Crippen molar-refractivity contribution in [1.82, 2.24) is 14.9 Å². The normalized spacial score (nSPS) is 9.89. The molecular weight excluding hydrogens is 244 g/mol. The number of carbonyl (C=O) groups is 2. The van der Waals surface area contributed by atoms with Gasteiger partial charge in [0.2, 0.25) is 0 Å². The van der Waals surface area contributed by atoms with Crippen molar-refractivity contribution >= 4 is 11.8 Å². The molecule has 0 aliphatic rings. The predicted molar refractivity (Wildman–Crippen MR) is 69.4 cm³/mol. The van der Waals surface area contributed by atoms with E-state index in [0.29, 0.717) is 0 Å². The van der Waals surface area contributed by atoms with Crippen LogP contribution in [0.3, 0.4) is 0 Å². The number of hydrogen-bond acceptors (Lipinski definition) is 3. The number of imidazole rings is 1. The van der Waals surface area contributed by atoms with Gasteiger partial charge in [-0.3, -0.25) is 9.59 Å². The van der Waals surface area contributed by atoms with Gasteiger partial charge in [0.25, 0.3) is 11.8 Å². The fourth-order valence-corrected chi connectivity index (χ4v) is 1.44. The number of benzene rings is 1. The van der Waals surface area contributed by atoms with E-state index in [9.17, 15) is 9.59 Å². The Balaban J connectivity index is 2.16. The average Bonchev–Trinajstić information content (AvgIpc) is 2.89. The van der Waals surface area contributed by atoms with Crippen LogP contribution in [0.15, 0.2) is 55.1 Å². The van der Waals surface area contributed by atoms with Gasteiger partial charge >= 0.3 is 0 Å². The number of carbonyl (C=O) groups excluding carboxylic acids is 2. The number of hydrogen-bond donors (Lipinski definition) is 2. The second kappa shape index (κ2) is 5.18. The summed E-state index contributed by atoms with van der Waals surface area (Å²) in [4.78, 5) is 26.5. The second-order valence-corrected chi connectivity index (χ2v) is 3.80. The molecule has 6 heteroatoms. The Labute approximate surface area is 109 Å². The molecule has 19 heavy (non-hydrogen) atoms. The molecule has 0 atom stereocenters. The van der Waals surface area contributed by atoms with Gasteiger partial charge in [-0.2, -0.15) is 0 Å². The Bertz CT molecular complexity index is 631. The molecular formula is C13H12N4O2. The van der Waals surface area contributed by atoms with Crippen molar-refractivity contribution in [2.45, 2.75) is 0 Å². The van der Waals surface area contributed by atoms with E-state index in [-0.39, 0.29) is 11.4 Å². The van der Waals surface area contributed by atoms with Crippen molar-refractivity contribution in [3.8, 4) is 5.69 Å². The summed E-state index contributed by atoms with van der Waals surface area (Å²) in [5, 5.41) is 2.28. The van der Waals surface area contributed by atoms with Gasteiger partial charge in [0, 0.05) is 11.9 Å². The Morgan fingerprint density at radius 3 is 2.58 bits per heavy atom. The van der Waals surface area contributed by atoms with Gasteiger partial charge in [0.05, 0.1) is 5.70 Å². The van der Waals surface area contributed by atoms with Gasteiger partial charge in [-0.25, -0.2) is 4.98 Å². The van der Waals surface area contributed by atoms with Crippen LogP contribution in [0.2, 0.25) is 0 Å². The van der Waals surface area contributed by atoms with Crippen LogP contribution in [-0.2, 0) is 4.79 Å². The van der Waals surface area contributed by atoms with Crippen LogP contribution in [0, 0.1) is 0 Å². The van der Waals surface area contributed by atoms with Crippen LogP contribution >= 0.6 is 0 Å². The van der Waals surface area contributed by atoms with Crippen molar-refractivity contribution < 1.29 is 9.59 Å². The Morgan fingerprint density at radius 2 is 1.95 bits per heavy atom. The number of aromatic nitrogens is 2. The molecule has 3 N–H and O–H groups in total. The smallest absolute Gasteiger partial charge is 0.275 e. The monoisotopic (exact) mass is 256 g/mol. The van der Waals surface area contributed by atoms with E-state index in [1.165, 1.54) is 6.33 Å². The average molecular weight is 256 g/mol. The van der Waals surface area contributed by atoms with Crippen molar-refractivity contribution in [3.63, 3.8) is 0 Å². The third-order valence-corrected chi connectivity index (χ3v) is 2.43. The fourth-order valence-electron chi connectivity index (χ4n) is 1.44. The van der Waals surface area contributed by atoms with E-state index in [1.54, 1.807) is 10.8 Å². The summed E-state index contributed by atoms with van der Waals surface area (Å²) in [6, 6.07) is 9.41. The van der Waals surface area contributed by atoms with E-state index in [4.69, 9.17) is 5.73 Å². The quantitative estimate of drug-likeness (QED) is 0.785. The summed E-state index contributed by atoms with van der Waals surface area (Å²) in [5.74, 6) is -1.31. The lowest BCUT2D eigenvalue weighted by atomic mass is 10.3. The van der Waals surface area contributed by atoms with Crippen LogP contribution in [0.5, 0.6) is 0 Å². The molecule has 0 saturated heterocycles. The lowest BCUT2D eigenvalue weighted by molar-refractivity contribution is -0.114. The van der Waals surface area contributed by atoms with E-state index >= 15 is 0 Å². The predicted octanol–water partition coefficient (Wildman–Crippen LogP) is 0.601. The molecule has 0 aliphatic heterocycles. The molecule has 0 radical (unpaired) electrons. The van der Waals surface area contributed by atoms with Crippen LogP contribution in [0.1, 0.15) is 10.5 Å². The second-order valence-electron chi connectivity index (χ2n) is 3.80. The molecule has 2 aromatic rings. The summed E-state index contributed by atoms with van der Waals surface area (Å²) >= 11 is 0. The summed E-state index contributed by atoms with van der Waals surface area (Å²) in [5.41, 5.74) is 5.86. The molecule has 0 fully saturated rings. The zero-order valence-corrected chi connectivity index (χ0v) is 10.0. The maximum atomic E-state index is 11.7. The first-order valence-electron chi connectivity index (χ1n) is 5.47. The molecule has 1 aromatic carbocycles. The number of nitrogens with one attached hydrogen (secondary N) is 1. The topological polar surface area (TPSA) is 90.0 Å². The third kappa shape index (κ3) is 2.86. The molecule has 0 saturated carbocycles. The van der Waals surface area contributed by atoms with E-state index in [1.807, 2.05) is 30.3 Å². The molecule has 0 aliphatic carbocycles. The van der Waals surface area contributed by atoms with Gasteiger partial charge < -0.3 is 15.6 Å². The molecule has 6 nitrogen and oxygen atoms in total. The standard InChI is InChI=1S/C13H12N4O2/c1-9(12(14)18)16-13(19)11-7-17(8-15-11)10-5-3-2-4-6-10/h2-8H,1H2,(H2,14,18)(H,16,19). The number of para-hydroxylation sites is 1. The van der Waals surface area contributed by atoms with Gasteiger partial charge in [-0.05, 0) is 12.1 Å². The molecule has 1 heterocycles. The van der Waals surface area contributed by atoms with E-state index < -0.39 is 11.8 Å². The number of amides is 2. The van der Waals surface area contributed by atoms with E-state index in [2.05, 4.69) is 16.9 Å². The molecule has 96 valence electrons. The largest absolute Gasteiger partial charge is 0.364 e. The maximum Gasteiger partial charge on any atom is 0.275 e. The summed E-state index contributed by atoms with van der Waals surface area (Å²) in [6.07, 6.45) is 3.07. The third-order valence-electron chi connectivity index (χ3n) is 2.43. The molecule has 2 amide bonds. The first-order chi connectivity index (χ1) is 9.08. The molecule has 0 bridgehead atoms. The number of primary amides is 1. The number of nitrogens with zero attached hydrogens (tertiary/aromatic N) is 2. The van der Waals surface area contributed by atoms with E-state index in [0.717, 1.165) is 5.69 Å². The number of rotatable bonds is 4. The zero-order valence-electron chi connectivity index (χ0n) is 10.0. The molecule has 2 rings (SSSR count). The minimum Gasteiger partial charge on any atom is -0.364 e. The lowest BCUT2D eigenvalue weighted by Gasteiger charge is -2.02. The Kier molecular flexibility index (Phi) is 3.42. The van der Waals surface area contributed by atoms with Gasteiger partial charge in [0.15, 0.2) is 0 Å². The van der Waals surface area contributed by atoms with Crippen LogP contribution < -0.4 is 11.1 Å². The Morgan fingerprint density at radius 1 is 1.26 bits per heavy atom. The minimum absolute atomic E-state index is 0.167. The number of nitrogens with two attached hydrogens (primary N) is 1. The lowest BCUT2D eigenvalue weighted by Crippen LogP contribution is -2.30. The van der Waals surface area contributed by atoms with Gasteiger partial charge in [-0.1, -0.05) is 24.8 Å².